The van der Waals surface area contributed by atoms with Crippen LogP contribution in [-0.4, -0.2) is 50.2 Å². The van der Waals surface area contributed by atoms with Gasteiger partial charge in [0.25, 0.3) is 15.9 Å². The van der Waals surface area contributed by atoms with Crippen molar-refractivity contribution in [3.63, 3.8) is 0 Å². The van der Waals surface area contributed by atoms with Gasteiger partial charge in [0.05, 0.1) is 4.90 Å². The number of amidine groups is 1. The summed E-state index contributed by atoms with van der Waals surface area (Å²) in [6.45, 7) is 3.02. The molecule has 0 bridgehead atoms. The summed E-state index contributed by atoms with van der Waals surface area (Å²) in [6.07, 6.45) is -1.10. The minimum Gasteiger partial charge on any atom is -0.451 e. The van der Waals surface area contributed by atoms with Crippen LogP contribution in [0.5, 0.6) is 0 Å². The van der Waals surface area contributed by atoms with Crippen molar-refractivity contribution in [1.82, 2.24) is 9.62 Å². The second-order valence-corrected chi connectivity index (χ2v) is 8.81. The van der Waals surface area contributed by atoms with E-state index < -0.39 is 39.9 Å². The van der Waals surface area contributed by atoms with Crippen LogP contribution in [-0.2, 0) is 30.9 Å². The highest BCUT2D eigenvalue weighted by Gasteiger charge is 2.32. The van der Waals surface area contributed by atoms with Crippen LogP contribution in [0.4, 0.5) is 4.39 Å². The molecule has 0 aromatic heterocycles. The van der Waals surface area contributed by atoms with E-state index in [-0.39, 0.29) is 17.3 Å². The van der Waals surface area contributed by atoms with Crippen LogP contribution in [0.25, 0.3) is 0 Å². The van der Waals surface area contributed by atoms with E-state index in [0.29, 0.717) is 11.1 Å². The lowest BCUT2D eigenvalue weighted by Gasteiger charge is -2.22. The number of aliphatic imine (C=N–C) groups is 1. The highest BCUT2D eigenvalue weighted by molar-refractivity contribution is 7.90. The van der Waals surface area contributed by atoms with Crippen molar-refractivity contribution < 1.29 is 27.1 Å². The molecule has 0 spiro atoms. The first-order valence-corrected chi connectivity index (χ1v) is 11.0. The highest BCUT2D eigenvalue weighted by atomic mass is 32.2. The van der Waals surface area contributed by atoms with Gasteiger partial charge >= 0.3 is 5.97 Å². The van der Waals surface area contributed by atoms with E-state index in [1.165, 1.54) is 44.0 Å². The first-order valence-electron chi connectivity index (χ1n) is 9.48. The number of esters is 1. The highest BCUT2D eigenvalue weighted by Crippen LogP contribution is 2.22. The average molecular weight is 447 g/mol. The fourth-order valence-electron chi connectivity index (χ4n) is 3.10. The number of hydrogen-bond donors (Lipinski definition) is 1. The number of amides is 1. The molecule has 2 aromatic rings. The monoisotopic (exact) mass is 447 g/mol. The largest absolute Gasteiger partial charge is 0.451 e. The zero-order chi connectivity index (χ0) is 22.8. The third-order valence-corrected chi connectivity index (χ3v) is 6.05. The number of nitrogens with one attached hydrogen (secondary N) is 1. The summed E-state index contributed by atoms with van der Waals surface area (Å²) in [6, 6.07) is 11.1. The molecule has 3 rings (SSSR count). The quantitative estimate of drug-likeness (QED) is 0.681. The number of halogens is 1. The van der Waals surface area contributed by atoms with Gasteiger partial charge in [-0.05, 0) is 43.7 Å². The molecule has 0 saturated heterocycles. The van der Waals surface area contributed by atoms with E-state index in [1.54, 1.807) is 30.3 Å². The Morgan fingerprint density at radius 2 is 1.87 bits per heavy atom. The molecule has 31 heavy (non-hydrogen) atoms. The van der Waals surface area contributed by atoms with Crippen LogP contribution in [0.15, 0.2) is 58.4 Å². The van der Waals surface area contributed by atoms with Crippen molar-refractivity contribution in [2.75, 3.05) is 7.05 Å². The van der Waals surface area contributed by atoms with Crippen LogP contribution in [0.2, 0.25) is 0 Å². The van der Waals surface area contributed by atoms with E-state index in [1.807, 2.05) is 0 Å². The van der Waals surface area contributed by atoms with Gasteiger partial charge in [-0.2, -0.15) is 0 Å². The Morgan fingerprint density at radius 3 is 2.58 bits per heavy atom. The second kappa shape index (κ2) is 8.84. The van der Waals surface area contributed by atoms with Gasteiger partial charge < -0.3 is 9.64 Å². The van der Waals surface area contributed by atoms with Crippen molar-refractivity contribution in [3.05, 3.63) is 65.5 Å². The molecule has 1 N–H and O–H groups in total. The predicted octanol–water partition coefficient (Wildman–Crippen LogP) is 1.84. The number of fused-ring (bicyclic) bond motifs is 1. The molecule has 0 aliphatic carbocycles. The Balaban J connectivity index is 1.64. The van der Waals surface area contributed by atoms with Gasteiger partial charge in [0, 0.05) is 19.2 Å². The van der Waals surface area contributed by atoms with Gasteiger partial charge in [0.1, 0.15) is 17.7 Å². The predicted molar refractivity (Wildman–Crippen MR) is 111 cm³/mol. The number of carbonyl (C=O) groups excluding carboxylic acids is 2. The third kappa shape index (κ3) is 5.08. The molecule has 0 fully saturated rings. The van der Waals surface area contributed by atoms with Crippen molar-refractivity contribution >= 4 is 27.7 Å². The van der Waals surface area contributed by atoms with Gasteiger partial charge in [-0.3, -0.25) is 14.5 Å². The summed E-state index contributed by atoms with van der Waals surface area (Å²) in [5.74, 6) is -1.61. The number of ether oxygens (including phenoxy) is 1. The number of rotatable bonds is 6. The maximum Gasteiger partial charge on any atom is 0.331 e. The molecule has 10 heteroatoms. The summed E-state index contributed by atoms with van der Waals surface area (Å²) < 4.78 is 45.1. The molecule has 164 valence electrons. The Morgan fingerprint density at radius 1 is 1.16 bits per heavy atom. The number of sulfonamides is 1. The summed E-state index contributed by atoms with van der Waals surface area (Å²) in [5.41, 5.74) is 0.961. The van der Waals surface area contributed by atoms with Gasteiger partial charge in [0.2, 0.25) is 0 Å². The van der Waals surface area contributed by atoms with E-state index in [9.17, 15) is 22.4 Å². The molecule has 1 amide bonds. The number of likely N-dealkylation sites (N-methyl/N-ethyl adjacent to an activating group) is 1. The number of nitrogens with zero attached hydrogens (tertiary/aromatic N) is 2. The molecule has 1 heterocycles. The van der Waals surface area contributed by atoms with Crippen LogP contribution in [0.1, 0.15) is 25.0 Å². The Hall–Kier alpha value is -3.27. The van der Waals surface area contributed by atoms with Crippen LogP contribution in [0.3, 0.4) is 0 Å². The van der Waals surface area contributed by atoms with Gasteiger partial charge in [-0.15, -0.1) is 0 Å². The minimum absolute atomic E-state index is 0.0438. The smallest absolute Gasteiger partial charge is 0.331 e. The molecular formula is C21H22FN3O5S. The molecular weight excluding hydrogens is 425 g/mol. The minimum atomic E-state index is -3.73. The van der Waals surface area contributed by atoms with E-state index in [4.69, 9.17) is 4.74 Å². The van der Waals surface area contributed by atoms with Crippen LogP contribution < -0.4 is 4.72 Å². The molecule has 2 aromatic carbocycles. The van der Waals surface area contributed by atoms with E-state index >= 15 is 0 Å². The van der Waals surface area contributed by atoms with Gasteiger partial charge in [0.15, 0.2) is 6.10 Å². The maximum atomic E-state index is 13.3. The molecule has 2 atom stereocenters. The molecule has 8 nitrogen and oxygen atoms in total. The lowest BCUT2D eigenvalue weighted by Crippen LogP contribution is -2.38. The molecule has 0 radical (unpaired) electrons. The fourth-order valence-corrected chi connectivity index (χ4v) is 4.34. The Bertz CT molecular complexity index is 1150. The summed E-state index contributed by atoms with van der Waals surface area (Å²) in [5, 5.41) is 0. The normalized spacial score (nSPS) is 17.4. The summed E-state index contributed by atoms with van der Waals surface area (Å²) >= 11 is 0. The number of benzene rings is 2. The summed E-state index contributed by atoms with van der Waals surface area (Å²) in [4.78, 5) is 30.5. The second-order valence-electron chi connectivity index (χ2n) is 7.16. The molecule has 0 saturated carbocycles. The molecule has 1 aliphatic rings. The van der Waals surface area contributed by atoms with E-state index in [2.05, 4.69) is 9.71 Å². The fraction of sp³-hybridized carbons (Fsp3) is 0.286. The third-order valence-electron chi connectivity index (χ3n) is 4.65. The van der Waals surface area contributed by atoms with Crippen molar-refractivity contribution in [2.24, 2.45) is 4.99 Å². The first kappa shape index (κ1) is 22.4. The van der Waals surface area contributed by atoms with E-state index in [0.717, 1.165) is 0 Å². The van der Waals surface area contributed by atoms with Crippen LogP contribution in [0, 0.1) is 5.82 Å². The Kier molecular flexibility index (Phi) is 6.40. The first-order chi connectivity index (χ1) is 14.6. The zero-order valence-corrected chi connectivity index (χ0v) is 18.0. The van der Waals surface area contributed by atoms with Gasteiger partial charge in [-0.25, -0.2) is 17.6 Å². The zero-order valence-electron chi connectivity index (χ0n) is 17.2. The number of carbonyl (C=O) groups is 2. The maximum absolute atomic E-state index is 13.3. The average Bonchev–Trinajstić information content (AvgIpc) is 2.97. The van der Waals surface area contributed by atoms with Gasteiger partial charge in [-0.1, -0.05) is 24.3 Å². The Labute approximate surface area is 179 Å². The number of hydrogen-bond acceptors (Lipinski definition) is 6. The van der Waals surface area contributed by atoms with Crippen LogP contribution >= 0.6 is 0 Å². The topological polar surface area (TPSA) is 105 Å². The van der Waals surface area contributed by atoms with Crippen molar-refractivity contribution in [2.45, 2.75) is 37.4 Å². The van der Waals surface area contributed by atoms with Crippen molar-refractivity contribution in [1.29, 1.82) is 0 Å². The van der Waals surface area contributed by atoms with Crippen molar-refractivity contribution in [3.8, 4) is 0 Å². The molecule has 2 unspecified atom stereocenters. The SMILES string of the molecule is CC(N=C1NS(=O)(=O)c2ccccc21)C(=O)OC(C)C(=O)N(C)Cc1cccc(F)c1. The summed E-state index contributed by atoms with van der Waals surface area (Å²) in [7, 11) is -2.21. The standard InChI is InChI=1S/C21H22FN3O5S/c1-13(23-19-17-9-4-5-10-18(17)31(28,29)24-19)21(27)30-14(2)20(26)25(3)12-15-7-6-8-16(22)11-15/h4-11,13-14H,12H2,1-3H3,(H,23,24). The lowest BCUT2D eigenvalue weighted by molar-refractivity contribution is -0.159. The molecule has 1 aliphatic heterocycles. The lowest BCUT2D eigenvalue weighted by atomic mass is 10.2.